The highest BCUT2D eigenvalue weighted by atomic mass is 35.5. The Kier molecular flexibility index (Phi) is 6.38. The van der Waals surface area contributed by atoms with Crippen molar-refractivity contribution in [2.75, 3.05) is 5.32 Å². The highest BCUT2D eigenvalue weighted by Gasteiger charge is 2.23. The third-order valence-electron chi connectivity index (χ3n) is 5.09. The van der Waals surface area contributed by atoms with Crippen LogP contribution in [0.4, 0.5) is 21.0 Å². The molecule has 0 saturated carbocycles. The number of aryl methyl sites for hydroxylation is 1. The van der Waals surface area contributed by atoms with Crippen LogP contribution in [0.3, 0.4) is 0 Å². The van der Waals surface area contributed by atoms with Crippen LogP contribution in [0.5, 0.6) is 0 Å². The molecule has 0 saturated heterocycles. The summed E-state index contributed by atoms with van der Waals surface area (Å²) in [6.45, 7) is 5.90. The van der Waals surface area contributed by atoms with E-state index in [1.165, 1.54) is 17.4 Å². The molecule has 0 unspecified atom stereocenters. The number of nitrogens with one attached hydrogen (secondary N) is 1. The lowest BCUT2D eigenvalue weighted by molar-refractivity contribution is -0.386. The number of anilines is 2. The van der Waals surface area contributed by atoms with Crippen molar-refractivity contribution >= 4 is 39.6 Å². The Bertz CT molecular complexity index is 1300. The van der Waals surface area contributed by atoms with E-state index in [-0.39, 0.29) is 24.0 Å². The van der Waals surface area contributed by atoms with Crippen LogP contribution in [0.25, 0.3) is 0 Å². The zero-order valence-electron chi connectivity index (χ0n) is 18.0. The molecule has 4 rings (SSSR count). The Morgan fingerprint density at radius 1 is 1.27 bits per heavy atom. The Labute approximate surface area is 197 Å². The van der Waals surface area contributed by atoms with Crippen LogP contribution in [-0.2, 0) is 13.1 Å². The number of aromatic nitrogens is 6. The first-order chi connectivity index (χ1) is 15.7. The maximum absolute atomic E-state index is 14.0. The zero-order valence-corrected chi connectivity index (χ0v) is 19.6. The van der Waals surface area contributed by atoms with Gasteiger partial charge in [-0.1, -0.05) is 35.9 Å². The average Bonchev–Trinajstić information content (AvgIpc) is 3.45. The van der Waals surface area contributed by atoms with E-state index in [0.29, 0.717) is 39.5 Å². The van der Waals surface area contributed by atoms with E-state index in [1.807, 2.05) is 6.92 Å². The summed E-state index contributed by atoms with van der Waals surface area (Å²) in [6, 6.07) is 6.30. The number of rotatable bonds is 8. The minimum Gasteiger partial charge on any atom is -0.313 e. The van der Waals surface area contributed by atoms with Gasteiger partial charge in [0.2, 0.25) is 5.13 Å². The summed E-state index contributed by atoms with van der Waals surface area (Å²) >= 11 is 7.45. The van der Waals surface area contributed by atoms with E-state index < -0.39 is 4.92 Å². The summed E-state index contributed by atoms with van der Waals surface area (Å²) in [5, 5.41) is 33.0. The predicted molar refractivity (Wildman–Crippen MR) is 123 cm³/mol. The van der Waals surface area contributed by atoms with Crippen molar-refractivity contribution in [3.63, 3.8) is 0 Å². The van der Waals surface area contributed by atoms with Crippen LogP contribution in [0.2, 0.25) is 5.02 Å². The molecule has 1 atom stereocenters. The highest BCUT2D eigenvalue weighted by Crippen LogP contribution is 2.29. The second-order valence-corrected chi connectivity index (χ2v) is 8.95. The van der Waals surface area contributed by atoms with Crippen molar-refractivity contribution < 1.29 is 9.31 Å². The van der Waals surface area contributed by atoms with E-state index in [4.69, 9.17) is 11.6 Å². The largest absolute Gasteiger partial charge is 0.313 e. The standard InChI is InChI=1S/C20H20ClFN8O2S/c1-11(9-29-13(3)18(30(31)32)12(2)26-29)19-24-25-20(33-19)23-17-7-8-28(27-17)10-14-15(21)5-4-6-16(14)22/h4-8,11H,9-10H2,1-3H3,(H,23,25,27)/t11-/m1/s1. The average molecular weight is 491 g/mol. The first kappa shape index (κ1) is 22.8. The lowest BCUT2D eigenvalue weighted by atomic mass is 10.2. The van der Waals surface area contributed by atoms with E-state index >= 15 is 0 Å². The van der Waals surface area contributed by atoms with E-state index in [2.05, 4.69) is 25.7 Å². The molecule has 1 N–H and O–H groups in total. The van der Waals surface area contributed by atoms with Gasteiger partial charge in [0.25, 0.3) is 0 Å². The van der Waals surface area contributed by atoms with Crippen molar-refractivity contribution in [1.82, 2.24) is 29.8 Å². The van der Waals surface area contributed by atoms with Gasteiger partial charge in [0, 0.05) is 28.8 Å². The van der Waals surface area contributed by atoms with Gasteiger partial charge < -0.3 is 5.32 Å². The van der Waals surface area contributed by atoms with Crippen LogP contribution < -0.4 is 5.32 Å². The Morgan fingerprint density at radius 3 is 2.76 bits per heavy atom. The lowest BCUT2D eigenvalue weighted by Gasteiger charge is -2.08. The molecule has 0 aliphatic carbocycles. The molecule has 0 amide bonds. The topological polar surface area (TPSA) is 117 Å². The van der Waals surface area contributed by atoms with Gasteiger partial charge in [-0.15, -0.1) is 10.2 Å². The molecule has 1 aromatic carbocycles. The SMILES string of the molecule is Cc1nn(C[C@@H](C)c2nnc(Nc3ccn(Cc4c(F)cccc4Cl)n3)s2)c(C)c1[N+](=O)[O-]. The highest BCUT2D eigenvalue weighted by molar-refractivity contribution is 7.15. The summed E-state index contributed by atoms with van der Waals surface area (Å²) < 4.78 is 17.2. The first-order valence-electron chi connectivity index (χ1n) is 9.98. The number of benzene rings is 1. The van der Waals surface area contributed by atoms with Crippen LogP contribution in [0, 0.1) is 29.8 Å². The van der Waals surface area contributed by atoms with E-state index in [1.54, 1.807) is 47.6 Å². The Hall–Kier alpha value is -3.38. The molecule has 0 aliphatic rings. The zero-order chi connectivity index (χ0) is 23.7. The summed E-state index contributed by atoms with van der Waals surface area (Å²) in [4.78, 5) is 10.8. The fourth-order valence-corrected chi connectivity index (χ4v) is 4.44. The van der Waals surface area contributed by atoms with Crippen LogP contribution >= 0.6 is 22.9 Å². The van der Waals surface area contributed by atoms with E-state index in [0.717, 1.165) is 5.01 Å². The second kappa shape index (κ2) is 9.24. The molecular formula is C20H20ClFN8O2S. The van der Waals surface area contributed by atoms with Crippen molar-refractivity contribution in [1.29, 1.82) is 0 Å². The number of hydrogen-bond acceptors (Lipinski definition) is 8. The van der Waals surface area contributed by atoms with Gasteiger partial charge in [0.1, 0.15) is 22.2 Å². The smallest absolute Gasteiger partial charge is 0.312 e. The number of nitro groups is 1. The van der Waals surface area contributed by atoms with Gasteiger partial charge in [-0.3, -0.25) is 19.5 Å². The summed E-state index contributed by atoms with van der Waals surface area (Å²) in [6.07, 6.45) is 1.71. The minimum atomic E-state index is -0.412. The van der Waals surface area contributed by atoms with Gasteiger partial charge in [-0.2, -0.15) is 10.2 Å². The van der Waals surface area contributed by atoms with Crippen molar-refractivity contribution in [2.24, 2.45) is 0 Å². The number of nitrogens with zero attached hydrogens (tertiary/aromatic N) is 7. The molecule has 0 fully saturated rings. The molecule has 0 spiro atoms. The number of halogens is 2. The van der Waals surface area contributed by atoms with Crippen LogP contribution in [-0.4, -0.2) is 34.7 Å². The normalized spacial score (nSPS) is 12.2. The van der Waals surface area contributed by atoms with Gasteiger partial charge in [-0.05, 0) is 26.0 Å². The maximum atomic E-state index is 14.0. The third kappa shape index (κ3) is 4.86. The molecule has 13 heteroatoms. The maximum Gasteiger partial charge on any atom is 0.312 e. The van der Waals surface area contributed by atoms with Gasteiger partial charge in [-0.25, -0.2) is 4.39 Å². The molecule has 3 aromatic heterocycles. The van der Waals surface area contributed by atoms with Gasteiger partial charge in [0.05, 0.1) is 18.0 Å². The monoisotopic (exact) mass is 490 g/mol. The molecule has 10 nitrogen and oxygen atoms in total. The fourth-order valence-electron chi connectivity index (χ4n) is 3.42. The van der Waals surface area contributed by atoms with E-state index in [9.17, 15) is 14.5 Å². The summed E-state index contributed by atoms with van der Waals surface area (Å²) in [5.74, 6) is 0.0894. The predicted octanol–water partition coefficient (Wildman–Crippen LogP) is 4.84. The molecular weight excluding hydrogens is 471 g/mol. The van der Waals surface area contributed by atoms with Gasteiger partial charge >= 0.3 is 5.69 Å². The van der Waals surface area contributed by atoms with Crippen molar-refractivity contribution in [3.05, 3.63) is 73.4 Å². The fraction of sp³-hybridized carbons (Fsp3) is 0.300. The number of hydrogen-bond donors (Lipinski definition) is 1. The lowest BCUT2D eigenvalue weighted by Crippen LogP contribution is -2.09. The van der Waals surface area contributed by atoms with Crippen LogP contribution in [0.1, 0.15) is 34.8 Å². The molecule has 4 aromatic rings. The molecule has 0 bridgehead atoms. The Morgan fingerprint density at radius 2 is 2.06 bits per heavy atom. The first-order valence-corrected chi connectivity index (χ1v) is 11.2. The quantitative estimate of drug-likeness (QED) is 0.277. The molecule has 0 aliphatic heterocycles. The van der Waals surface area contributed by atoms with Crippen molar-refractivity contribution in [3.8, 4) is 0 Å². The molecule has 172 valence electrons. The molecule has 33 heavy (non-hydrogen) atoms. The molecule has 0 radical (unpaired) electrons. The van der Waals surface area contributed by atoms with Crippen molar-refractivity contribution in [2.45, 2.75) is 39.8 Å². The summed E-state index contributed by atoms with van der Waals surface area (Å²) in [7, 11) is 0. The molecule has 3 heterocycles. The summed E-state index contributed by atoms with van der Waals surface area (Å²) in [5.41, 5.74) is 1.29. The second-order valence-electron chi connectivity index (χ2n) is 7.53. The van der Waals surface area contributed by atoms with Gasteiger partial charge in [0.15, 0.2) is 5.82 Å². The van der Waals surface area contributed by atoms with Crippen LogP contribution in [0.15, 0.2) is 30.5 Å². The third-order valence-corrected chi connectivity index (χ3v) is 6.52. The minimum absolute atomic E-state index is 0.0362. The Balaban J connectivity index is 1.42.